The fourth-order valence-electron chi connectivity index (χ4n) is 2.17. The van der Waals surface area contributed by atoms with Crippen LogP contribution in [0.5, 0.6) is 0 Å². The second-order valence-electron chi connectivity index (χ2n) is 4.00. The van der Waals surface area contributed by atoms with Crippen molar-refractivity contribution in [3.63, 3.8) is 0 Å². The summed E-state index contributed by atoms with van der Waals surface area (Å²) in [4.78, 5) is 11.5. The van der Waals surface area contributed by atoms with E-state index in [4.69, 9.17) is 10.7 Å². The Morgan fingerprint density at radius 1 is 1.44 bits per heavy atom. The normalized spacial score (nSPS) is 19.5. The van der Waals surface area contributed by atoms with E-state index < -0.39 is 9.05 Å². The van der Waals surface area contributed by atoms with Gasteiger partial charge in [0.05, 0.1) is 4.90 Å². The van der Waals surface area contributed by atoms with E-state index in [9.17, 15) is 13.2 Å². The van der Waals surface area contributed by atoms with Crippen molar-refractivity contribution in [3.8, 4) is 0 Å². The summed E-state index contributed by atoms with van der Waals surface area (Å²) in [7, 11) is 1.59. The largest absolute Gasteiger partial charge is 0.299 e. The van der Waals surface area contributed by atoms with Gasteiger partial charge in [0, 0.05) is 16.6 Å². The van der Waals surface area contributed by atoms with Gasteiger partial charge in [-0.2, -0.15) is 0 Å². The minimum atomic E-state index is -3.67. The number of aryl methyl sites for hydroxylation is 1. The summed E-state index contributed by atoms with van der Waals surface area (Å²) in [5, 5.41) is 0. The first-order chi connectivity index (χ1) is 7.39. The zero-order valence-corrected chi connectivity index (χ0v) is 10.3. The van der Waals surface area contributed by atoms with E-state index in [0.717, 1.165) is 24.0 Å². The van der Waals surface area contributed by atoms with Gasteiger partial charge in [-0.1, -0.05) is 6.07 Å². The van der Waals surface area contributed by atoms with Gasteiger partial charge in [0.2, 0.25) is 0 Å². The number of hydrogen-bond acceptors (Lipinski definition) is 3. The van der Waals surface area contributed by atoms with E-state index >= 15 is 0 Å². The van der Waals surface area contributed by atoms with E-state index in [0.29, 0.717) is 0 Å². The first-order valence-electron chi connectivity index (χ1n) is 4.97. The van der Waals surface area contributed by atoms with Crippen LogP contribution in [0.1, 0.15) is 30.4 Å². The number of carbonyl (C=O) groups excluding carboxylic acids is 1. The smallest absolute Gasteiger partial charge is 0.261 e. The van der Waals surface area contributed by atoms with Crippen LogP contribution in [-0.2, 0) is 20.3 Å². The van der Waals surface area contributed by atoms with Crippen molar-refractivity contribution in [2.75, 3.05) is 0 Å². The summed E-state index contributed by atoms with van der Waals surface area (Å²) in [5.74, 6) is 0.0438. The summed E-state index contributed by atoms with van der Waals surface area (Å²) in [5.41, 5.74) is 1.86. The molecule has 3 nitrogen and oxygen atoms in total. The van der Waals surface area contributed by atoms with E-state index in [1.54, 1.807) is 19.1 Å². The number of halogens is 1. The van der Waals surface area contributed by atoms with Crippen LogP contribution < -0.4 is 0 Å². The van der Waals surface area contributed by atoms with E-state index in [2.05, 4.69) is 0 Å². The zero-order valence-electron chi connectivity index (χ0n) is 8.73. The molecule has 0 radical (unpaired) electrons. The third-order valence-corrected chi connectivity index (χ3v) is 4.32. The molecule has 0 spiro atoms. The van der Waals surface area contributed by atoms with Crippen LogP contribution in [0.15, 0.2) is 23.1 Å². The van der Waals surface area contributed by atoms with Crippen LogP contribution >= 0.6 is 10.7 Å². The molecule has 0 saturated heterocycles. The number of carbonyl (C=O) groups is 1. The molecule has 1 unspecified atom stereocenters. The first-order valence-corrected chi connectivity index (χ1v) is 7.28. The lowest BCUT2D eigenvalue weighted by Crippen LogP contribution is -2.04. The van der Waals surface area contributed by atoms with Gasteiger partial charge in [-0.15, -0.1) is 0 Å². The molecule has 2 rings (SSSR count). The molecule has 1 aliphatic carbocycles. The predicted molar refractivity (Wildman–Crippen MR) is 61.2 cm³/mol. The van der Waals surface area contributed by atoms with Gasteiger partial charge >= 0.3 is 0 Å². The standard InChI is InChI=1S/C11H11ClO3S/c1-7(13)10-4-2-8-6-9(16(12,14)15)3-5-11(8)10/h3,5-6,10H,2,4H2,1H3. The number of rotatable bonds is 2. The van der Waals surface area contributed by atoms with Gasteiger partial charge in [-0.25, -0.2) is 8.42 Å². The van der Waals surface area contributed by atoms with Gasteiger partial charge in [-0.05, 0) is 43.0 Å². The molecule has 1 aromatic rings. The molecule has 0 amide bonds. The summed E-state index contributed by atoms with van der Waals surface area (Å²) in [6.45, 7) is 1.56. The summed E-state index contributed by atoms with van der Waals surface area (Å²) in [6.07, 6.45) is 1.50. The van der Waals surface area contributed by atoms with E-state index in [-0.39, 0.29) is 16.6 Å². The zero-order chi connectivity index (χ0) is 11.9. The Bertz CT molecular complexity index is 548. The molecular weight excluding hydrogens is 248 g/mol. The molecule has 86 valence electrons. The van der Waals surface area contributed by atoms with Crippen LogP contribution in [0.4, 0.5) is 0 Å². The maximum absolute atomic E-state index is 11.3. The highest BCUT2D eigenvalue weighted by Crippen LogP contribution is 2.35. The minimum absolute atomic E-state index is 0.0814. The number of fused-ring (bicyclic) bond motifs is 1. The molecule has 1 aromatic carbocycles. The van der Waals surface area contributed by atoms with Crippen LogP contribution in [0, 0.1) is 0 Å². The molecule has 0 N–H and O–H groups in total. The second kappa shape index (κ2) is 3.86. The Labute approximate surface area is 98.8 Å². The van der Waals surface area contributed by atoms with Crippen molar-refractivity contribution in [2.45, 2.75) is 30.6 Å². The fourth-order valence-corrected chi connectivity index (χ4v) is 2.97. The highest BCUT2D eigenvalue weighted by atomic mass is 35.7. The van der Waals surface area contributed by atoms with Crippen molar-refractivity contribution in [1.29, 1.82) is 0 Å². The van der Waals surface area contributed by atoms with Crippen molar-refractivity contribution >= 4 is 25.5 Å². The molecule has 0 aliphatic heterocycles. The molecule has 0 heterocycles. The lowest BCUT2D eigenvalue weighted by molar-refractivity contribution is -0.118. The minimum Gasteiger partial charge on any atom is -0.299 e. The van der Waals surface area contributed by atoms with Crippen molar-refractivity contribution < 1.29 is 13.2 Å². The fraction of sp³-hybridized carbons (Fsp3) is 0.364. The Balaban J connectivity index is 2.48. The monoisotopic (exact) mass is 258 g/mol. The highest BCUT2D eigenvalue weighted by Gasteiger charge is 2.27. The highest BCUT2D eigenvalue weighted by molar-refractivity contribution is 8.13. The average Bonchev–Trinajstić information content (AvgIpc) is 2.58. The molecule has 0 aromatic heterocycles. The van der Waals surface area contributed by atoms with Gasteiger partial charge in [0.25, 0.3) is 9.05 Å². The van der Waals surface area contributed by atoms with Crippen LogP contribution in [0.3, 0.4) is 0 Å². The second-order valence-corrected chi connectivity index (χ2v) is 6.57. The average molecular weight is 259 g/mol. The predicted octanol–water partition coefficient (Wildman–Crippen LogP) is 2.23. The molecule has 1 atom stereocenters. The summed E-state index contributed by atoms with van der Waals surface area (Å²) < 4.78 is 22.3. The SMILES string of the molecule is CC(=O)C1CCc2cc(S(=O)(=O)Cl)ccc21. The van der Waals surface area contributed by atoms with Gasteiger partial charge in [0.15, 0.2) is 0 Å². The lowest BCUT2D eigenvalue weighted by atomic mass is 9.98. The topological polar surface area (TPSA) is 51.2 Å². The van der Waals surface area contributed by atoms with E-state index in [1.807, 2.05) is 0 Å². The van der Waals surface area contributed by atoms with Gasteiger partial charge < -0.3 is 0 Å². The number of Topliss-reactive ketones (excluding diaryl/α,β-unsaturated/α-hetero) is 1. The molecule has 0 bridgehead atoms. The summed E-state index contributed by atoms with van der Waals surface area (Å²) in [6, 6.07) is 4.73. The van der Waals surface area contributed by atoms with E-state index in [1.165, 1.54) is 6.07 Å². The first kappa shape index (κ1) is 11.6. The molecule has 1 aliphatic rings. The van der Waals surface area contributed by atoms with Gasteiger partial charge in [-0.3, -0.25) is 4.79 Å². The van der Waals surface area contributed by atoms with Crippen molar-refractivity contribution in [1.82, 2.24) is 0 Å². The third-order valence-electron chi connectivity index (χ3n) is 2.96. The Hall–Kier alpha value is -0.870. The van der Waals surface area contributed by atoms with Crippen molar-refractivity contribution in [2.24, 2.45) is 0 Å². The molecule has 0 saturated carbocycles. The maximum Gasteiger partial charge on any atom is 0.261 e. The molecule has 0 fully saturated rings. The van der Waals surface area contributed by atoms with Crippen LogP contribution in [0.25, 0.3) is 0 Å². The number of ketones is 1. The molecule has 5 heteroatoms. The van der Waals surface area contributed by atoms with Crippen LogP contribution in [-0.4, -0.2) is 14.2 Å². The third kappa shape index (κ3) is 1.99. The quantitative estimate of drug-likeness (QED) is 0.765. The van der Waals surface area contributed by atoms with Crippen LogP contribution in [0.2, 0.25) is 0 Å². The van der Waals surface area contributed by atoms with Gasteiger partial charge in [0.1, 0.15) is 5.78 Å². The Morgan fingerprint density at radius 3 is 2.69 bits per heavy atom. The Morgan fingerprint density at radius 2 is 2.12 bits per heavy atom. The number of benzene rings is 1. The Kier molecular flexibility index (Phi) is 2.80. The summed E-state index contributed by atoms with van der Waals surface area (Å²) >= 11 is 0. The molecule has 16 heavy (non-hydrogen) atoms. The molecular formula is C11H11ClO3S. The lowest BCUT2D eigenvalue weighted by Gasteiger charge is -2.07. The maximum atomic E-state index is 11.3. The number of hydrogen-bond donors (Lipinski definition) is 0. The van der Waals surface area contributed by atoms with Crippen molar-refractivity contribution in [3.05, 3.63) is 29.3 Å².